The van der Waals surface area contributed by atoms with Crippen LogP contribution in [0.1, 0.15) is 0 Å². The number of amides is 1. The lowest BCUT2D eigenvalue weighted by molar-refractivity contribution is -0.118. The van der Waals surface area contributed by atoms with Gasteiger partial charge in [0.25, 0.3) is 5.91 Å². The zero-order valence-electron chi connectivity index (χ0n) is 12.5. The van der Waals surface area contributed by atoms with Crippen molar-refractivity contribution in [3.05, 3.63) is 46.4 Å². The summed E-state index contributed by atoms with van der Waals surface area (Å²) in [7, 11) is 1.54. The van der Waals surface area contributed by atoms with Crippen molar-refractivity contribution in [2.45, 2.75) is 0 Å². The Balaban J connectivity index is 1.69. The highest BCUT2D eigenvalue weighted by atomic mass is 35.5. The van der Waals surface area contributed by atoms with Gasteiger partial charge in [0.05, 0.1) is 21.9 Å². The molecule has 1 heterocycles. The molecule has 2 aromatic carbocycles. The molecule has 24 heavy (non-hydrogen) atoms. The summed E-state index contributed by atoms with van der Waals surface area (Å²) in [6.07, 6.45) is 0. The number of benzene rings is 2. The molecule has 3 rings (SSSR count). The van der Waals surface area contributed by atoms with Crippen molar-refractivity contribution in [2.24, 2.45) is 0 Å². The van der Waals surface area contributed by atoms with Gasteiger partial charge in [-0.25, -0.2) is 4.98 Å². The quantitative estimate of drug-likeness (QED) is 0.698. The van der Waals surface area contributed by atoms with Crippen molar-refractivity contribution in [1.29, 1.82) is 0 Å². The average molecular weight is 383 g/mol. The van der Waals surface area contributed by atoms with Crippen LogP contribution in [-0.2, 0) is 4.79 Å². The highest BCUT2D eigenvalue weighted by Gasteiger charge is 2.13. The highest BCUT2D eigenvalue weighted by molar-refractivity contribution is 7.23. The molecule has 1 amide bonds. The second-order valence-electron chi connectivity index (χ2n) is 4.71. The number of hydrogen-bond acceptors (Lipinski definition) is 5. The third kappa shape index (κ3) is 3.56. The topological polar surface area (TPSA) is 60.5 Å². The minimum absolute atomic E-state index is 0.169. The van der Waals surface area contributed by atoms with Crippen LogP contribution in [-0.4, -0.2) is 24.6 Å². The van der Waals surface area contributed by atoms with Gasteiger partial charge in [-0.3, -0.25) is 10.1 Å². The normalized spacial score (nSPS) is 10.6. The molecule has 1 N–H and O–H groups in total. The maximum Gasteiger partial charge on any atom is 0.264 e. The number of hydrogen-bond donors (Lipinski definition) is 1. The number of fused-ring (bicyclic) bond motifs is 1. The number of carbonyl (C=O) groups is 1. The minimum Gasteiger partial charge on any atom is -0.493 e. The molecule has 0 fully saturated rings. The van der Waals surface area contributed by atoms with Crippen molar-refractivity contribution in [1.82, 2.24) is 4.98 Å². The number of methoxy groups -OCH3 is 1. The number of halogens is 2. The van der Waals surface area contributed by atoms with Crippen LogP contribution in [0, 0.1) is 0 Å². The van der Waals surface area contributed by atoms with E-state index in [1.54, 1.807) is 30.3 Å². The van der Waals surface area contributed by atoms with Crippen LogP contribution in [0.2, 0.25) is 10.0 Å². The number of anilines is 1. The van der Waals surface area contributed by atoms with E-state index in [9.17, 15) is 4.79 Å². The molecule has 0 aliphatic carbocycles. The fraction of sp³-hybridized carbons (Fsp3) is 0.125. The maximum absolute atomic E-state index is 12.1. The number of para-hydroxylation sites is 2. The molecular weight excluding hydrogens is 371 g/mol. The molecular formula is C16H12Cl2N2O3S. The standard InChI is InChI=1S/C16H12Cl2N2O3S/c1-22-11-4-2-3-5-12(11)23-8-13(21)19-16-20-14-9(17)6-7-10(18)15(14)24-16/h2-7H,8H2,1H3,(H,19,20,21). The monoisotopic (exact) mass is 382 g/mol. The molecule has 0 spiro atoms. The number of rotatable bonds is 5. The lowest BCUT2D eigenvalue weighted by Crippen LogP contribution is -2.20. The van der Waals surface area contributed by atoms with E-state index in [1.807, 2.05) is 6.07 Å². The Labute approximate surface area is 152 Å². The Morgan fingerprint density at radius 2 is 1.88 bits per heavy atom. The summed E-state index contributed by atoms with van der Waals surface area (Å²) in [5.74, 6) is 0.710. The smallest absolute Gasteiger partial charge is 0.264 e. The molecule has 0 aliphatic heterocycles. The molecule has 0 radical (unpaired) electrons. The molecule has 1 aromatic heterocycles. The zero-order valence-corrected chi connectivity index (χ0v) is 14.8. The number of aromatic nitrogens is 1. The summed E-state index contributed by atoms with van der Waals surface area (Å²) in [6, 6.07) is 10.5. The van der Waals surface area contributed by atoms with Gasteiger partial charge in [0.2, 0.25) is 0 Å². The Bertz CT molecular complexity index is 859. The SMILES string of the molecule is COc1ccccc1OCC(=O)Nc1nc2c(Cl)ccc(Cl)c2s1. The second kappa shape index (κ2) is 7.25. The fourth-order valence-corrected chi connectivity index (χ4v) is 3.47. The third-order valence-electron chi connectivity index (χ3n) is 3.12. The van der Waals surface area contributed by atoms with Crippen LogP contribution in [0.3, 0.4) is 0 Å². The maximum atomic E-state index is 12.1. The molecule has 3 aromatic rings. The van der Waals surface area contributed by atoms with Crippen LogP contribution >= 0.6 is 34.5 Å². The summed E-state index contributed by atoms with van der Waals surface area (Å²) in [5, 5.41) is 4.11. The molecule has 0 saturated heterocycles. The van der Waals surface area contributed by atoms with Gasteiger partial charge >= 0.3 is 0 Å². The van der Waals surface area contributed by atoms with E-state index < -0.39 is 0 Å². The van der Waals surface area contributed by atoms with Crippen molar-refractivity contribution in [2.75, 3.05) is 19.0 Å². The summed E-state index contributed by atoms with van der Waals surface area (Å²) in [5.41, 5.74) is 0.565. The van der Waals surface area contributed by atoms with Gasteiger partial charge in [0, 0.05) is 0 Å². The number of carbonyl (C=O) groups excluding carboxylic acids is 1. The van der Waals surface area contributed by atoms with Gasteiger partial charge in [-0.1, -0.05) is 46.7 Å². The van der Waals surface area contributed by atoms with Crippen molar-refractivity contribution in [3.63, 3.8) is 0 Å². The number of nitrogens with one attached hydrogen (secondary N) is 1. The van der Waals surface area contributed by atoms with Gasteiger partial charge in [-0.2, -0.15) is 0 Å². The van der Waals surface area contributed by atoms with E-state index in [1.165, 1.54) is 18.4 Å². The lowest BCUT2D eigenvalue weighted by Gasteiger charge is -2.09. The first-order chi connectivity index (χ1) is 11.6. The summed E-state index contributed by atoms with van der Waals surface area (Å²) < 4.78 is 11.4. The first kappa shape index (κ1) is 16.8. The van der Waals surface area contributed by atoms with Gasteiger partial charge in [0.15, 0.2) is 23.2 Å². The lowest BCUT2D eigenvalue weighted by atomic mass is 10.3. The van der Waals surface area contributed by atoms with E-state index in [0.717, 1.165) is 4.70 Å². The Kier molecular flexibility index (Phi) is 5.08. The van der Waals surface area contributed by atoms with E-state index >= 15 is 0 Å². The summed E-state index contributed by atoms with van der Waals surface area (Å²) in [6.45, 7) is -0.169. The third-order valence-corrected chi connectivity index (χ3v) is 4.86. The molecule has 0 aliphatic rings. The minimum atomic E-state index is -0.341. The van der Waals surface area contributed by atoms with Crippen molar-refractivity contribution < 1.29 is 14.3 Å². The van der Waals surface area contributed by atoms with E-state index in [0.29, 0.717) is 32.2 Å². The van der Waals surface area contributed by atoms with E-state index in [2.05, 4.69) is 10.3 Å². The Morgan fingerprint density at radius 1 is 1.17 bits per heavy atom. The molecule has 0 bridgehead atoms. The Hall–Kier alpha value is -2.02. The molecule has 124 valence electrons. The molecule has 8 heteroatoms. The zero-order chi connectivity index (χ0) is 17.1. The van der Waals surface area contributed by atoms with E-state index in [4.69, 9.17) is 32.7 Å². The molecule has 0 saturated carbocycles. The van der Waals surface area contributed by atoms with Gasteiger partial charge < -0.3 is 9.47 Å². The van der Waals surface area contributed by atoms with Gasteiger partial charge in [0.1, 0.15) is 5.52 Å². The Morgan fingerprint density at radius 3 is 2.58 bits per heavy atom. The number of ether oxygens (including phenoxy) is 2. The summed E-state index contributed by atoms with van der Waals surface area (Å²) >= 11 is 13.5. The van der Waals surface area contributed by atoms with Gasteiger partial charge in [-0.15, -0.1) is 0 Å². The van der Waals surface area contributed by atoms with Crippen molar-refractivity contribution in [3.8, 4) is 11.5 Å². The predicted molar refractivity (Wildman–Crippen MR) is 96.8 cm³/mol. The number of nitrogens with zero attached hydrogens (tertiary/aromatic N) is 1. The van der Waals surface area contributed by atoms with Crippen molar-refractivity contribution >= 4 is 55.8 Å². The summed E-state index contributed by atoms with van der Waals surface area (Å²) in [4.78, 5) is 16.3. The van der Waals surface area contributed by atoms with Crippen LogP contribution in [0.25, 0.3) is 10.2 Å². The predicted octanol–water partition coefficient (Wildman–Crippen LogP) is 4.63. The molecule has 0 atom stereocenters. The first-order valence-corrected chi connectivity index (χ1v) is 8.46. The first-order valence-electron chi connectivity index (χ1n) is 6.88. The largest absolute Gasteiger partial charge is 0.493 e. The van der Waals surface area contributed by atoms with Crippen LogP contribution in [0.5, 0.6) is 11.5 Å². The average Bonchev–Trinajstić information content (AvgIpc) is 3.01. The number of thiazole rings is 1. The van der Waals surface area contributed by atoms with Crippen LogP contribution < -0.4 is 14.8 Å². The van der Waals surface area contributed by atoms with Gasteiger partial charge in [-0.05, 0) is 24.3 Å². The highest BCUT2D eigenvalue weighted by Crippen LogP contribution is 2.36. The van der Waals surface area contributed by atoms with Crippen LogP contribution in [0.15, 0.2) is 36.4 Å². The molecule has 5 nitrogen and oxygen atoms in total. The van der Waals surface area contributed by atoms with E-state index in [-0.39, 0.29) is 12.5 Å². The molecule has 0 unspecified atom stereocenters. The second-order valence-corrected chi connectivity index (χ2v) is 6.53. The van der Waals surface area contributed by atoms with Crippen LogP contribution in [0.4, 0.5) is 5.13 Å². The fourth-order valence-electron chi connectivity index (χ4n) is 2.03.